The molecule has 1 amide bonds. The Balaban J connectivity index is 1.29. The number of piperidine rings is 1. The van der Waals surface area contributed by atoms with Crippen molar-refractivity contribution in [3.05, 3.63) is 53.8 Å². The first-order valence-electron chi connectivity index (χ1n) is 24.6. The van der Waals surface area contributed by atoms with Gasteiger partial charge in [-0.05, 0) is 132 Å². The largest absolute Gasteiger partial charge is 0.456 e. The van der Waals surface area contributed by atoms with E-state index in [-0.39, 0.29) is 54.6 Å². The molecule has 4 heterocycles. The summed E-state index contributed by atoms with van der Waals surface area (Å²) in [6.07, 6.45) is 10.8. The summed E-state index contributed by atoms with van der Waals surface area (Å²) in [5, 5.41) is 13.3. The average molecular weight is 918 g/mol. The third-order valence-electron chi connectivity index (χ3n) is 15.5. The second kappa shape index (κ2) is 22.5. The van der Waals surface area contributed by atoms with Gasteiger partial charge in [-0.2, -0.15) is 0 Å². The van der Waals surface area contributed by atoms with Gasteiger partial charge in [-0.15, -0.1) is 0 Å². The molecule has 1 N–H and O–H groups in total. The summed E-state index contributed by atoms with van der Waals surface area (Å²) in [5.41, 5.74) is 4.30. The van der Waals surface area contributed by atoms with E-state index in [9.17, 15) is 24.3 Å². The van der Waals surface area contributed by atoms with Gasteiger partial charge < -0.3 is 43.2 Å². The number of ether oxygens (including phenoxy) is 5. The van der Waals surface area contributed by atoms with Crippen molar-refractivity contribution in [2.24, 2.45) is 36.6 Å². The van der Waals surface area contributed by atoms with Crippen LogP contribution in [0.2, 0.25) is 0 Å². The second-order valence-electron chi connectivity index (χ2n) is 20.3. The summed E-state index contributed by atoms with van der Waals surface area (Å²) in [6, 6.07) is 7.82. The third kappa shape index (κ3) is 11.3. The standard InChI is InChI=1S/C53H79N3O10/c1-12-38-26-32(2)25-33(3)27-46(63-10)49-47(64-11)29-36(6)53(61,66-49)50(58)51(59)56-23-14-13-15-43(56)52(60)65-48(34(4)16-21-44(38)57)35(5)28-37-17-19-42(45(30-37)62-9)55(8)40-18-20-41-39(31-40)22-24-54(41)7/h18,20,22,24,26,28,31,33-34,36-38,42-43,45-49,61H,12-17,19,21,23,25,27,29-30H2,1-11H3. The minimum Gasteiger partial charge on any atom is -0.456 e. The van der Waals surface area contributed by atoms with Crippen LogP contribution in [0.4, 0.5) is 5.69 Å². The highest BCUT2D eigenvalue weighted by Crippen LogP contribution is 2.40. The quantitative estimate of drug-likeness (QED) is 0.156. The Bertz CT molecular complexity index is 2080. The highest BCUT2D eigenvalue weighted by Gasteiger charge is 2.56. The molecule has 66 heavy (non-hydrogen) atoms. The van der Waals surface area contributed by atoms with Crippen molar-refractivity contribution < 1.29 is 48.0 Å². The van der Waals surface area contributed by atoms with Crippen molar-refractivity contribution in [3.8, 4) is 0 Å². The maximum absolute atomic E-state index is 14.6. The van der Waals surface area contributed by atoms with E-state index in [1.54, 1.807) is 28.3 Å². The van der Waals surface area contributed by atoms with Gasteiger partial charge in [0.1, 0.15) is 24.0 Å². The van der Waals surface area contributed by atoms with E-state index in [4.69, 9.17) is 23.7 Å². The van der Waals surface area contributed by atoms with E-state index in [0.717, 1.165) is 36.1 Å². The number of aryl methyl sites for hydroxylation is 1. The summed E-state index contributed by atoms with van der Waals surface area (Å²) < 4.78 is 33.0. The Kier molecular flexibility index (Phi) is 17.5. The number of hydrogen-bond donors (Lipinski definition) is 1. The molecular formula is C53H79N3O10. The molecule has 0 radical (unpaired) electrons. The Morgan fingerprint density at radius 2 is 1.65 bits per heavy atom. The van der Waals surface area contributed by atoms with Gasteiger partial charge in [-0.3, -0.25) is 14.4 Å². The Morgan fingerprint density at radius 1 is 0.939 bits per heavy atom. The van der Waals surface area contributed by atoms with Crippen LogP contribution in [0, 0.1) is 29.6 Å². The predicted molar refractivity (Wildman–Crippen MR) is 256 cm³/mol. The average Bonchev–Trinajstić information content (AvgIpc) is 3.69. The van der Waals surface area contributed by atoms with Crippen molar-refractivity contribution in [1.82, 2.24) is 9.47 Å². The van der Waals surface area contributed by atoms with Crippen LogP contribution in [0.1, 0.15) is 119 Å². The van der Waals surface area contributed by atoms with Gasteiger partial charge in [0, 0.05) is 83.0 Å². The number of carbonyl (C=O) groups excluding carboxylic acids is 4. The number of Topliss-reactive ketones (excluding diaryl/α,β-unsaturated/α-hetero) is 2. The van der Waals surface area contributed by atoms with Gasteiger partial charge in [0.2, 0.25) is 5.79 Å². The lowest BCUT2D eigenvalue weighted by atomic mass is 9.80. The summed E-state index contributed by atoms with van der Waals surface area (Å²) in [4.78, 5) is 60.9. The number of methoxy groups -OCH3 is 3. The Labute approximate surface area is 393 Å². The van der Waals surface area contributed by atoms with Crippen LogP contribution in [0.25, 0.3) is 10.9 Å². The van der Waals surface area contributed by atoms with Gasteiger partial charge in [-0.25, -0.2) is 4.79 Å². The number of anilines is 1. The fourth-order valence-electron chi connectivity index (χ4n) is 11.5. The first kappa shape index (κ1) is 51.5. The molecule has 2 saturated heterocycles. The first-order chi connectivity index (χ1) is 31.4. The number of amides is 1. The summed E-state index contributed by atoms with van der Waals surface area (Å²) >= 11 is 0. The predicted octanol–water partition coefficient (Wildman–Crippen LogP) is 8.14. The Morgan fingerprint density at radius 3 is 2.35 bits per heavy atom. The van der Waals surface area contributed by atoms with Crippen molar-refractivity contribution in [3.63, 3.8) is 0 Å². The van der Waals surface area contributed by atoms with Crippen LogP contribution < -0.4 is 4.90 Å². The normalized spacial score (nSPS) is 35.2. The van der Waals surface area contributed by atoms with Gasteiger partial charge in [-0.1, -0.05) is 45.4 Å². The van der Waals surface area contributed by atoms with Gasteiger partial charge in [0.05, 0.1) is 24.4 Å². The van der Waals surface area contributed by atoms with Crippen LogP contribution in [-0.4, -0.2) is 121 Å². The van der Waals surface area contributed by atoms with E-state index < -0.39 is 59.8 Å². The number of benzene rings is 1. The number of esters is 1. The minimum atomic E-state index is -2.47. The molecule has 13 heteroatoms. The lowest BCUT2D eigenvalue weighted by molar-refractivity contribution is -0.302. The second-order valence-corrected chi connectivity index (χ2v) is 20.3. The van der Waals surface area contributed by atoms with E-state index >= 15 is 0 Å². The van der Waals surface area contributed by atoms with E-state index in [0.29, 0.717) is 51.4 Å². The number of hydrogen-bond acceptors (Lipinski definition) is 11. The van der Waals surface area contributed by atoms with Crippen LogP contribution in [0.5, 0.6) is 0 Å². The van der Waals surface area contributed by atoms with Gasteiger partial charge in [0.15, 0.2) is 0 Å². The zero-order valence-corrected chi connectivity index (χ0v) is 41.6. The molecule has 13 unspecified atom stereocenters. The lowest BCUT2D eigenvalue weighted by Crippen LogP contribution is -2.64. The topological polar surface area (TPSA) is 146 Å². The number of fused-ring (bicyclic) bond motifs is 4. The number of allylic oxidation sites excluding steroid dienone is 3. The van der Waals surface area contributed by atoms with Crippen molar-refractivity contribution in [2.45, 2.75) is 167 Å². The van der Waals surface area contributed by atoms with E-state index in [2.05, 4.69) is 73.1 Å². The zero-order chi connectivity index (χ0) is 48.0. The van der Waals surface area contributed by atoms with Crippen molar-refractivity contribution in [2.75, 3.05) is 39.8 Å². The highest BCUT2D eigenvalue weighted by molar-refractivity contribution is 6.39. The zero-order valence-electron chi connectivity index (χ0n) is 41.6. The SMILES string of the molecule is CCC1C=C(C)CC(C)CC(OC)C2OC(O)(C(=O)C(=O)N3CCCCC3C(=O)OC(C(C)=CC3CCC(N(C)c4ccc5c(ccn5C)c4)C(OC)C3)C(C)CCC1=O)C(C)CC2OC. The number of nitrogens with zero attached hydrogens (tertiary/aromatic N) is 3. The molecule has 1 aromatic heterocycles. The molecule has 13 atom stereocenters. The molecule has 4 aliphatic rings. The summed E-state index contributed by atoms with van der Waals surface area (Å²) in [6.45, 7) is 12.0. The maximum Gasteiger partial charge on any atom is 0.329 e. The highest BCUT2D eigenvalue weighted by atomic mass is 16.7. The molecule has 13 nitrogen and oxygen atoms in total. The minimum absolute atomic E-state index is 0.0449. The lowest BCUT2D eigenvalue weighted by Gasteiger charge is -2.47. The van der Waals surface area contributed by atoms with Crippen LogP contribution >= 0.6 is 0 Å². The van der Waals surface area contributed by atoms with E-state index in [1.165, 1.54) is 15.8 Å². The number of rotatable bonds is 8. The number of aliphatic hydroxyl groups is 1. The summed E-state index contributed by atoms with van der Waals surface area (Å²) in [5.74, 6) is -6.05. The third-order valence-corrected chi connectivity index (χ3v) is 15.5. The van der Waals surface area contributed by atoms with Gasteiger partial charge in [0.25, 0.3) is 11.7 Å². The first-order valence-corrected chi connectivity index (χ1v) is 24.6. The molecule has 2 bridgehead atoms. The molecule has 366 valence electrons. The molecule has 6 rings (SSSR count). The molecule has 3 aliphatic heterocycles. The number of likely N-dealkylation sites (N-methyl/N-ethyl adjacent to an activating group) is 1. The molecule has 0 spiro atoms. The maximum atomic E-state index is 14.6. The molecular weight excluding hydrogens is 839 g/mol. The van der Waals surface area contributed by atoms with Gasteiger partial charge >= 0.3 is 5.97 Å². The number of cyclic esters (lactones) is 1. The number of aromatic nitrogens is 1. The van der Waals surface area contributed by atoms with Crippen LogP contribution in [-0.2, 0) is 49.9 Å². The van der Waals surface area contributed by atoms with Crippen molar-refractivity contribution in [1.29, 1.82) is 0 Å². The molecule has 1 aromatic carbocycles. The van der Waals surface area contributed by atoms with E-state index in [1.807, 2.05) is 27.7 Å². The molecule has 1 aliphatic carbocycles. The Hall–Kier alpha value is -3.88. The van der Waals surface area contributed by atoms with Crippen molar-refractivity contribution >= 4 is 40.0 Å². The monoisotopic (exact) mass is 918 g/mol. The molecule has 2 aromatic rings. The summed E-state index contributed by atoms with van der Waals surface area (Å²) in [7, 11) is 9.09. The van der Waals surface area contributed by atoms with Crippen LogP contribution in [0.3, 0.4) is 0 Å². The smallest absolute Gasteiger partial charge is 0.329 e. The number of carbonyl (C=O) groups is 4. The fraction of sp³-hybridized carbons (Fsp3) is 0.698. The van der Waals surface area contributed by atoms with Crippen LogP contribution in [0.15, 0.2) is 53.8 Å². The molecule has 3 fully saturated rings. The fourth-order valence-corrected chi connectivity index (χ4v) is 11.5. The molecule has 1 saturated carbocycles. The number of ketones is 2.